The monoisotopic (exact) mass is 406 g/mol. The van der Waals surface area contributed by atoms with Crippen LogP contribution in [0.3, 0.4) is 0 Å². The molecule has 3 aliphatic rings. The van der Waals surface area contributed by atoms with Gasteiger partial charge in [0.2, 0.25) is 11.9 Å². The Morgan fingerprint density at radius 1 is 0.933 bits per heavy atom. The largest absolute Gasteiger partial charge is 0.345 e. The van der Waals surface area contributed by atoms with E-state index in [1.54, 1.807) is 30.7 Å². The van der Waals surface area contributed by atoms with Crippen molar-refractivity contribution >= 4 is 17.8 Å². The number of anilines is 1. The van der Waals surface area contributed by atoms with Gasteiger partial charge in [-0.05, 0) is 37.5 Å². The van der Waals surface area contributed by atoms with Crippen LogP contribution in [0.4, 0.5) is 5.95 Å². The van der Waals surface area contributed by atoms with Crippen molar-refractivity contribution in [1.29, 1.82) is 0 Å². The van der Waals surface area contributed by atoms with Crippen molar-refractivity contribution < 1.29 is 9.59 Å². The molecule has 2 amide bonds. The summed E-state index contributed by atoms with van der Waals surface area (Å²) in [4.78, 5) is 45.3. The van der Waals surface area contributed by atoms with Crippen molar-refractivity contribution in [3.63, 3.8) is 0 Å². The highest BCUT2D eigenvalue weighted by Gasteiger charge is 2.65. The first-order valence-electron chi connectivity index (χ1n) is 10.5. The molecule has 8 nitrogen and oxygen atoms in total. The molecule has 0 unspecified atom stereocenters. The first-order valence-corrected chi connectivity index (χ1v) is 10.5. The average Bonchev–Trinajstić information content (AvgIpc) is 3.28. The molecule has 0 bridgehead atoms. The molecular weight excluding hydrogens is 380 g/mol. The maximum absolute atomic E-state index is 13.4. The zero-order chi connectivity index (χ0) is 20.8. The first kappa shape index (κ1) is 19.0. The topological polar surface area (TPSA) is 82.5 Å². The van der Waals surface area contributed by atoms with Crippen LogP contribution in [0.25, 0.3) is 0 Å². The van der Waals surface area contributed by atoms with Gasteiger partial charge in [0.1, 0.15) is 5.69 Å². The highest BCUT2D eigenvalue weighted by atomic mass is 16.2. The minimum atomic E-state index is -0.429. The molecule has 3 fully saturated rings. The molecule has 3 aliphatic heterocycles. The Morgan fingerprint density at radius 3 is 2.30 bits per heavy atom. The number of pyridine rings is 1. The molecule has 1 atom stereocenters. The molecule has 0 aliphatic carbocycles. The van der Waals surface area contributed by atoms with Gasteiger partial charge in [-0.3, -0.25) is 14.6 Å². The fraction of sp³-hybridized carbons (Fsp3) is 0.500. The molecule has 30 heavy (non-hydrogen) atoms. The fourth-order valence-corrected chi connectivity index (χ4v) is 5.66. The molecule has 0 N–H and O–H groups in total. The van der Waals surface area contributed by atoms with Gasteiger partial charge in [0, 0.05) is 63.8 Å². The van der Waals surface area contributed by atoms with Gasteiger partial charge in [0.25, 0.3) is 5.91 Å². The van der Waals surface area contributed by atoms with Gasteiger partial charge in [-0.15, -0.1) is 0 Å². The second-order valence-corrected chi connectivity index (χ2v) is 8.75. The Hall–Kier alpha value is -3.03. The van der Waals surface area contributed by atoms with Gasteiger partial charge in [0.15, 0.2) is 0 Å². The lowest BCUT2D eigenvalue weighted by Gasteiger charge is -2.46. The molecule has 2 aromatic rings. The van der Waals surface area contributed by atoms with E-state index in [9.17, 15) is 9.59 Å². The molecule has 156 valence electrons. The van der Waals surface area contributed by atoms with Gasteiger partial charge in [0.05, 0.1) is 5.41 Å². The number of hydrogen-bond donors (Lipinski definition) is 0. The lowest BCUT2D eigenvalue weighted by atomic mass is 9.60. The van der Waals surface area contributed by atoms with Crippen LogP contribution in [0.2, 0.25) is 0 Å². The molecule has 0 saturated carbocycles. The predicted octanol–water partition coefficient (Wildman–Crippen LogP) is 1.46. The van der Waals surface area contributed by atoms with Crippen molar-refractivity contribution in [3.8, 4) is 0 Å². The Balaban J connectivity index is 1.42. The van der Waals surface area contributed by atoms with E-state index in [2.05, 4.69) is 19.9 Å². The van der Waals surface area contributed by atoms with Crippen molar-refractivity contribution in [2.75, 3.05) is 44.7 Å². The van der Waals surface area contributed by atoms with Crippen molar-refractivity contribution in [3.05, 3.63) is 48.5 Å². The third-order valence-corrected chi connectivity index (χ3v) is 7.33. The lowest BCUT2D eigenvalue weighted by molar-refractivity contribution is -0.140. The van der Waals surface area contributed by atoms with E-state index in [4.69, 9.17) is 0 Å². The van der Waals surface area contributed by atoms with Crippen LogP contribution >= 0.6 is 0 Å². The standard InChI is InChI=1S/C22H26N6O2/c1-26-12-8-22(19(26)30)16-28(20-24-10-4-11-25-20)15-21(22)6-13-27(14-7-21)18(29)17-5-2-3-9-23-17/h2-5,9-11H,6-8,12-16H2,1H3/t22-/m1/s1. The van der Waals surface area contributed by atoms with E-state index in [0.717, 1.165) is 32.4 Å². The van der Waals surface area contributed by atoms with Crippen LogP contribution in [0.15, 0.2) is 42.9 Å². The highest BCUT2D eigenvalue weighted by molar-refractivity contribution is 5.92. The van der Waals surface area contributed by atoms with Gasteiger partial charge in [-0.25, -0.2) is 9.97 Å². The van der Waals surface area contributed by atoms with E-state index in [1.807, 2.05) is 29.0 Å². The highest BCUT2D eigenvalue weighted by Crippen LogP contribution is 2.58. The smallest absolute Gasteiger partial charge is 0.272 e. The minimum Gasteiger partial charge on any atom is -0.345 e. The number of likely N-dealkylation sites (tertiary alicyclic amines) is 2. The number of carbonyl (C=O) groups is 2. The van der Waals surface area contributed by atoms with Gasteiger partial charge < -0.3 is 14.7 Å². The van der Waals surface area contributed by atoms with E-state index in [0.29, 0.717) is 31.3 Å². The summed E-state index contributed by atoms with van der Waals surface area (Å²) in [5.41, 5.74) is -0.124. The number of amides is 2. The van der Waals surface area contributed by atoms with Crippen LogP contribution in [-0.4, -0.2) is 76.3 Å². The Morgan fingerprint density at radius 2 is 1.67 bits per heavy atom. The summed E-state index contributed by atoms with van der Waals surface area (Å²) in [7, 11) is 1.90. The summed E-state index contributed by atoms with van der Waals surface area (Å²) in [5, 5.41) is 0. The SMILES string of the molecule is CN1CC[C@@]2(CN(c3ncccn3)CC23CCN(C(=O)c2ccccn2)CC3)C1=O. The molecule has 0 radical (unpaired) electrons. The summed E-state index contributed by atoms with van der Waals surface area (Å²) >= 11 is 0. The third-order valence-electron chi connectivity index (χ3n) is 7.33. The number of fused-ring (bicyclic) bond motifs is 1. The van der Waals surface area contributed by atoms with Crippen molar-refractivity contribution in [2.24, 2.45) is 10.8 Å². The van der Waals surface area contributed by atoms with Crippen LogP contribution in [0.1, 0.15) is 29.8 Å². The van der Waals surface area contributed by atoms with Crippen LogP contribution in [-0.2, 0) is 4.79 Å². The Bertz CT molecular complexity index is 945. The lowest BCUT2D eigenvalue weighted by Crippen LogP contribution is -2.53. The van der Waals surface area contributed by atoms with Gasteiger partial charge >= 0.3 is 0 Å². The van der Waals surface area contributed by atoms with E-state index in [-0.39, 0.29) is 17.2 Å². The number of rotatable bonds is 2. The second kappa shape index (κ2) is 7.04. The van der Waals surface area contributed by atoms with E-state index in [1.165, 1.54) is 0 Å². The van der Waals surface area contributed by atoms with Crippen molar-refractivity contribution in [2.45, 2.75) is 19.3 Å². The minimum absolute atomic E-state index is 0.0318. The third kappa shape index (κ3) is 2.77. The number of aromatic nitrogens is 3. The predicted molar refractivity (Wildman–Crippen MR) is 111 cm³/mol. The summed E-state index contributed by atoms with van der Waals surface area (Å²) in [5.74, 6) is 0.879. The summed E-state index contributed by atoms with van der Waals surface area (Å²) < 4.78 is 0. The first-order chi connectivity index (χ1) is 14.5. The molecular formula is C22H26N6O2. The fourth-order valence-electron chi connectivity index (χ4n) is 5.66. The van der Waals surface area contributed by atoms with Crippen LogP contribution in [0, 0.1) is 10.8 Å². The zero-order valence-corrected chi connectivity index (χ0v) is 17.2. The van der Waals surface area contributed by atoms with E-state index < -0.39 is 5.41 Å². The maximum Gasteiger partial charge on any atom is 0.272 e. The molecule has 5 rings (SSSR count). The Kier molecular flexibility index (Phi) is 4.45. The summed E-state index contributed by atoms with van der Waals surface area (Å²) in [6.45, 7) is 3.45. The number of piperidine rings is 1. The molecule has 0 aromatic carbocycles. The van der Waals surface area contributed by atoms with E-state index >= 15 is 0 Å². The summed E-state index contributed by atoms with van der Waals surface area (Å²) in [6.07, 6.45) is 7.59. The maximum atomic E-state index is 13.4. The van der Waals surface area contributed by atoms with Crippen molar-refractivity contribution in [1.82, 2.24) is 24.8 Å². The number of nitrogens with zero attached hydrogens (tertiary/aromatic N) is 6. The second-order valence-electron chi connectivity index (χ2n) is 8.75. The van der Waals surface area contributed by atoms with Crippen LogP contribution in [0.5, 0.6) is 0 Å². The molecule has 8 heteroatoms. The Labute approximate surface area is 175 Å². The number of hydrogen-bond acceptors (Lipinski definition) is 6. The van der Waals surface area contributed by atoms with Gasteiger partial charge in [-0.2, -0.15) is 0 Å². The molecule has 5 heterocycles. The normalized spacial score (nSPS) is 25.5. The molecule has 2 spiro atoms. The zero-order valence-electron chi connectivity index (χ0n) is 17.2. The molecule has 2 aromatic heterocycles. The average molecular weight is 406 g/mol. The summed E-state index contributed by atoms with van der Waals surface area (Å²) in [6, 6.07) is 7.21. The van der Waals surface area contributed by atoms with Gasteiger partial charge in [-0.1, -0.05) is 6.07 Å². The molecule has 3 saturated heterocycles. The number of carbonyl (C=O) groups excluding carboxylic acids is 2. The van der Waals surface area contributed by atoms with Crippen LogP contribution < -0.4 is 4.90 Å². The quantitative estimate of drug-likeness (QED) is 0.751.